The summed E-state index contributed by atoms with van der Waals surface area (Å²) in [5, 5.41) is 3.88. The van der Waals surface area contributed by atoms with Gasteiger partial charge in [0, 0.05) is 27.6 Å². The maximum Gasteiger partial charge on any atom is 0.127 e. The van der Waals surface area contributed by atoms with Crippen LogP contribution in [0.15, 0.2) is 46.9 Å². The van der Waals surface area contributed by atoms with Gasteiger partial charge in [0.2, 0.25) is 0 Å². The minimum absolute atomic E-state index is 0.224. The van der Waals surface area contributed by atoms with Gasteiger partial charge in [-0.3, -0.25) is 0 Å². The zero-order valence-corrected chi connectivity index (χ0v) is 13.5. The predicted molar refractivity (Wildman–Crippen MR) is 85.6 cm³/mol. The third-order valence-electron chi connectivity index (χ3n) is 3.10. The lowest BCUT2D eigenvalue weighted by molar-refractivity contribution is 0.525. The highest BCUT2D eigenvalue weighted by molar-refractivity contribution is 9.10. The summed E-state index contributed by atoms with van der Waals surface area (Å²) >= 11 is 9.30. The highest BCUT2D eigenvalue weighted by atomic mass is 79.9. The van der Waals surface area contributed by atoms with E-state index in [1.54, 1.807) is 12.1 Å². The Balaban J connectivity index is 1.90. The van der Waals surface area contributed by atoms with Crippen LogP contribution in [0.3, 0.4) is 0 Å². The number of hydrogen-bond acceptors (Lipinski definition) is 1. The normalized spacial score (nSPS) is 12.4. The molecule has 106 valence electrons. The number of benzene rings is 2. The van der Waals surface area contributed by atoms with Crippen molar-refractivity contribution >= 4 is 27.5 Å². The summed E-state index contributed by atoms with van der Waals surface area (Å²) in [7, 11) is 0. The Morgan fingerprint density at radius 2 is 1.90 bits per heavy atom. The van der Waals surface area contributed by atoms with E-state index < -0.39 is 0 Å². The zero-order chi connectivity index (χ0) is 14.5. The molecule has 1 unspecified atom stereocenters. The smallest absolute Gasteiger partial charge is 0.127 e. The molecule has 1 atom stereocenters. The molecule has 0 saturated carbocycles. The average molecular weight is 357 g/mol. The summed E-state index contributed by atoms with van der Waals surface area (Å²) in [6.07, 6.45) is 0.898. The van der Waals surface area contributed by atoms with Crippen LogP contribution in [0.4, 0.5) is 4.39 Å². The Kier molecular flexibility index (Phi) is 5.58. The Morgan fingerprint density at radius 3 is 2.60 bits per heavy atom. The Bertz CT molecular complexity index is 571. The van der Waals surface area contributed by atoms with Crippen LogP contribution in [-0.4, -0.2) is 6.04 Å². The fourth-order valence-electron chi connectivity index (χ4n) is 2.01. The quantitative estimate of drug-likeness (QED) is 0.798. The van der Waals surface area contributed by atoms with E-state index in [9.17, 15) is 4.39 Å². The van der Waals surface area contributed by atoms with Gasteiger partial charge in [-0.2, -0.15) is 0 Å². The molecule has 0 fully saturated rings. The summed E-state index contributed by atoms with van der Waals surface area (Å²) in [6.45, 7) is 2.56. The molecule has 0 saturated heterocycles. The summed E-state index contributed by atoms with van der Waals surface area (Å²) in [4.78, 5) is 0. The molecule has 0 aliphatic rings. The van der Waals surface area contributed by atoms with E-state index in [2.05, 4.69) is 40.3 Å². The first-order valence-corrected chi connectivity index (χ1v) is 7.63. The first-order valence-electron chi connectivity index (χ1n) is 6.46. The third kappa shape index (κ3) is 4.58. The average Bonchev–Trinajstić information content (AvgIpc) is 2.42. The van der Waals surface area contributed by atoms with Crippen LogP contribution < -0.4 is 5.32 Å². The van der Waals surface area contributed by atoms with Gasteiger partial charge in [-0.15, -0.1) is 0 Å². The van der Waals surface area contributed by atoms with Crippen LogP contribution in [0.2, 0.25) is 5.02 Å². The van der Waals surface area contributed by atoms with E-state index in [1.807, 2.05) is 12.1 Å². The van der Waals surface area contributed by atoms with Crippen molar-refractivity contribution in [3.8, 4) is 0 Å². The van der Waals surface area contributed by atoms with Crippen molar-refractivity contribution in [2.24, 2.45) is 0 Å². The second kappa shape index (κ2) is 7.21. The molecule has 2 aromatic carbocycles. The van der Waals surface area contributed by atoms with Crippen molar-refractivity contribution in [1.82, 2.24) is 5.32 Å². The first kappa shape index (κ1) is 15.5. The van der Waals surface area contributed by atoms with Gasteiger partial charge in [-0.1, -0.05) is 39.7 Å². The Labute approximate surface area is 132 Å². The van der Waals surface area contributed by atoms with E-state index in [1.165, 1.54) is 11.6 Å². The van der Waals surface area contributed by atoms with E-state index >= 15 is 0 Å². The second-order valence-corrected chi connectivity index (χ2v) is 6.20. The molecule has 0 heterocycles. The van der Waals surface area contributed by atoms with Gasteiger partial charge in [-0.05, 0) is 49.2 Å². The molecule has 1 nitrogen and oxygen atoms in total. The van der Waals surface area contributed by atoms with Gasteiger partial charge >= 0.3 is 0 Å². The van der Waals surface area contributed by atoms with E-state index in [4.69, 9.17) is 11.6 Å². The molecule has 0 bridgehead atoms. The van der Waals surface area contributed by atoms with Gasteiger partial charge in [0.05, 0.1) is 0 Å². The lowest BCUT2D eigenvalue weighted by Gasteiger charge is -2.14. The molecule has 0 aliphatic heterocycles. The number of hydrogen-bond donors (Lipinski definition) is 1. The number of halogens is 3. The maximum absolute atomic E-state index is 13.6. The standard InChI is InChI=1S/C16H16BrClFN/c1-11(8-12-2-4-14(17)5-3-12)20-10-13-9-15(18)6-7-16(13)19/h2-7,9,11,20H,8,10H2,1H3. The third-order valence-corrected chi connectivity index (χ3v) is 3.87. The fraction of sp³-hybridized carbons (Fsp3) is 0.250. The van der Waals surface area contributed by atoms with Gasteiger partial charge in [0.1, 0.15) is 5.82 Å². The van der Waals surface area contributed by atoms with Crippen LogP contribution in [0, 0.1) is 5.82 Å². The lowest BCUT2D eigenvalue weighted by atomic mass is 10.1. The molecule has 0 aliphatic carbocycles. The summed E-state index contributed by atoms with van der Waals surface area (Å²) in [6, 6.07) is 13.1. The van der Waals surface area contributed by atoms with Crippen molar-refractivity contribution in [3.05, 3.63) is 68.9 Å². The highest BCUT2D eigenvalue weighted by Crippen LogP contribution is 2.15. The van der Waals surface area contributed by atoms with Crippen LogP contribution in [0.1, 0.15) is 18.1 Å². The SMILES string of the molecule is CC(Cc1ccc(Br)cc1)NCc1cc(Cl)ccc1F. The molecule has 0 amide bonds. The summed E-state index contributed by atoms with van der Waals surface area (Å²) in [5.41, 5.74) is 1.85. The molecular formula is C16H16BrClFN. The molecule has 2 aromatic rings. The van der Waals surface area contributed by atoms with Crippen LogP contribution in [0.25, 0.3) is 0 Å². The number of nitrogens with one attached hydrogen (secondary N) is 1. The predicted octanol–water partition coefficient (Wildman–Crippen LogP) is 4.96. The fourth-order valence-corrected chi connectivity index (χ4v) is 2.47. The number of rotatable bonds is 5. The molecular weight excluding hydrogens is 341 g/mol. The highest BCUT2D eigenvalue weighted by Gasteiger charge is 2.07. The molecule has 0 radical (unpaired) electrons. The van der Waals surface area contributed by atoms with Gasteiger partial charge in [0.25, 0.3) is 0 Å². The van der Waals surface area contributed by atoms with Crippen molar-refractivity contribution in [3.63, 3.8) is 0 Å². The second-order valence-electron chi connectivity index (χ2n) is 4.85. The minimum atomic E-state index is -0.224. The minimum Gasteiger partial charge on any atom is -0.310 e. The molecule has 0 spiro atoms. The van der Waals surface area contributed by atoms with Crippen LogP contribution in [0.5, 0.6) is 0 Å². The maximum atomic E-state index is 13.6. The molecule has 2 rings (SSSR count). The van der Waals surface area contributed by atoms with E-state index in [-0.39, 0.29) is 11.9 Å². The lowest BCUT2D eigenvalue weighted by Crippen LogP contribution is -2.27. The molecule has 0 aromatic heterocycles. The molecule has 20 heavy (non-hydrogen) atoms. The first-order chi connectivity index (χ1) is 9.54. The van der Waals surface area contributed by atoms with Gasteiger partial charge < -0.3 is 5.32 Å². The Morgan fingerprint density at radius 1 is 1.20 bits per heavy atom. The van der Waals surface area contributed by atoms with Gasteiger partial charge in [0.15, 0.2) is 0 Å². The van der Waals surface area contributed by atoms with Crippen molar-refractivity contribution in [2.75, 3.05) is 0 Å². The van der Waals surface area contributed by atoms with Crippen molar-refractivity contribution < 1.29 is 4.39 Å². The topological polar surface area (TPSA) is 12.0 Å². The summed E-state index contributed by atoms with van der Waals surface area (Å²) < 4.78 is 14.7. The van der Waals surface area contributed by atoms with E-state index in [0.29, 0.717) is 17.1 Å². The molecule has 4 heteroatoms. The van der Waals surface area contributed by atoms with Crippen molar-refractivity contribution in [2.45, 2.75) is 25.9 Å². The van der Waals surface area contributed by atoms with E-state index in [0.717, 1.165) is 10.9 Å². The molecule has 1 N–H and O–H groups in total. The largest absolute Gasteiger partial charge is 0.310 e. The Hall–Kier alpha value is -0.900. The van der Waals surface area contributed by atoms with Crippen LogP contribution >= 0.6 is 27.5 Å². The van der Waals surface area contributed by atoms with Crippen molar-refractivity contribution in [1.29, 1.82) is 0 Å². The zero-order valence-electron chi connectivity index (χ0n) is 11.2. The monoisotopic (exact) mass is 355 g/mol. The van der Waals surface area contributed by atoms with Crippen LogP contribution in [-0.2, 0) is 13.0 Å². The summed E-state index contributed by atoms with van der Waals surface area (Å²) in [5.74, 6) is -0.224. The van der Waals surface area contributed by atoms with Gasteiger partial charge in [-0.25, -0.2) is 4.39 Å².